The van der Waals surface area contributed by atoms with Gasteiger partial charge in [-0.2, -0.15) is 0 Å². The molecule has 164 valence electrons. The van der Waals surface area contributed by atoms with Crippen molar-refractivity contribution in [3.05, 3.63) is 42.2 Å². The molecule has 0 unspecified atom stereocenters. The fraction of sp³-hybridized carbons (Fsp3) is 0.667. The molecule has 1 aromatic carbocycles. The molecule has 0 radical (unpaired) electrons. The number of benzene rings is 1. The van der Waals surface area contributed by atoms with Gasteiger partial charge in [0.15, 0.2) is 11.9 Å². The van der Waals surface area contributed by atoms with Gasteiger partial charge in [-0.3, -0.25) is 0 Å². The van der Waals surface area contributed by atoms with Gasteiger partial charge in [-0.05, 0) is 17.9 Å². The van der Waals surface area contributed by atoms with Crippen LogP contribution in [0.2, 0.25) is 0 Å². The van der Waals surface area contributed by atoms with Crippen LogP contribution in [-0.2, 0) is 6.42 Å². The van der Waals surface area contributed by atoms with Crippen LogP contribution in [0.1, 0.15) is 115 Å². The number of aromatic amines is 1. The number of hydrogen-bond acceptors (Lipinski definition) is 0. The van der Waals surface area contributed by atoms with E-state index >= 15 is 0 Å². The van der Waals surface area contributed by atoms with Gasteiger partial charge in [-0.15, -0.1) is 0 Å². The molecule has 1 nitrogen and oxygen atoms in total. The first-order chi connectivity index (χ1) is 13.9. The van der Waals surface area contributed by atoms with Gasteiger partial charge in [-0.25, -0.2) is 4.98 Å². The van der Waals surface area contributed by atoms with E-state index in [2.05, 4.69) is 48.4 Å². The maximum absolute atomic E-state index is 3.46. The summed E-state index contributed by atoms with van der Waals surface area (Å²) in [6, 6.07) is 10.9. The Labute approximate surface area is 190 Å². The quantitative estimate of drug-likeness (QED) is 0.277. The Balaban J connectivity index is 0.00000420. The Hall–Kier alpha value is -0.890. The lowest BCUT2D eigenvalue weighted by Crippen LogP contribution is -3.00. The molecule has 0 fully saturated rings. The molecule has 0 spiro atoms. The van der Waals surface area contributed by atoms with E-state index in [0.29, 0.717) is 0 Å². The number of rotatable bonds is 17. The van der Waals surface area contributed by atoms with E-state index in [1.165, 1.54) is 126 Å². The topological polar surface area (TPSA) is 14.1 Å². The van der Waals surface area contributed by atoms with E-state index in [1.807, 2.05) is 0 Å². The third kappa shape index (κ3) is 11.8. The van der Waals surface area contributed by atoms with Crippen molar-refractivity contribution in [3.63, 3.8) is 0 Å². The maximum atomic E-state index is 3.46. The average Bonchev–Trinajstić information content (AvgIpc) is 2.73. The fourth-order valence-electron chi connectivity index (χ4n) is 4.28. The molecule has 0 aliphatic heterocycles. The largest absolute Gasteiger partial charge is 1.00 e. The summed E-state index contributed by atoms with van der Waals surface area (Å²) in [5.41, 5.74) is 1.41. The SMILES string of the molecule is CCCCCCCCCCCCCCCCCCc1[nH+]ccc2ccccc12.[Br-]. The summed E-state index contributed by atoms with van der Waals surface area (Å²) in [6.07, 6.45) is 26.2. The second-order valence-electron chi connectivity index (χ2n) is 8.60. The Morgan fingerprint density at radius 2 is 1.07 bits per heavy atom. The molecule has 1 heterocycles. The Morgan fingerprint density at radius 1 is 0.586 bits per heavy atom. The van der Waals surface area contributed by atoms with Gasteiger partial charge < -0.3 is 17.0 Å². The number of fused-ring (bicyclic) bond motifs is 1. The van der Waals surface area contributed by atoms with Crippen molar-refractivity contribution in [2.45, 2.75) is 116 Å². The first-order valence-corrected chi connectivity index (χ1v) is 12.3. The number of H-pyrrole nitrogens is 1. The lowest BCUT2D eigenvalue weighted by Gasteiger charge is -2.04. The van der Waals surface area contributed by atoms with Crippen LogP contribution in [-0.4, -0.2) is 0 Å². The van der Waals surface area contributed by atoms with Crippen molar-refractivity contribution < 1.29 is 22.0 Å². The van der Waals surface area contributed by atoms with Crippen LogP contribution in [0.5, 0.6) is 0 Å². The van der Waals surface area contributed by atoms with Crippen molar-refractivity contribution in [3.8, 4) is 0 Å². The van der Waals surface area contributed by atoms with Crippen LogP contribution in [0.15, 0.2) is 36.5 Å². The Kier molecular flexibility index (Phi) is 16.2. The molecule has 1 N–H and O–H groups in total. The lowest BCUT2D eigenvalue weighted by atomic mass is 10.0. The monoisotopic (exact) mass is 461 g/mol. The van der Waals surface area contributed by atoms with Gasteiger partial charge in [0.2, 0.25) is 0 Å². The molecule has 0 saturated heterocycles. The van der Waals surface area contributed by atoms with E-state index in [0.717, 1.165) is 0 Å². The zero-order chi connectivity index (χ0) is 19.7. The highest BCUT2D eigenvalue weighted by molar-refractivity contribution is 5.83. The molecule has 0 bridgehead atoms. The molecule has 2 aromatic rings. The number of hydrogen-bond donors (Lipinski definition) is 0. The minimum absolute atomic E-state index is 0. The molecular weight excluding hydrogens is 418 g/mol. The van der Waals surface area contributed by atoms with Gasteiger partial charge in [-0.1, -0.05) is 121 Å². The van der Waals surface area contributed by atoms with Crippen LogP contribution in [0, 0.1) is 0 Å². The molecule has 2 heteroatoms. The highest BCUT2D eigenvalue weighted by atomic mass is 79.9. The second-order valence-corrected chi connectivity index (χ2v) is 8.60. The van der Waals surface area contributed by atoms with Gasteiger partial charge >= 0.3 is 0 Å². The molecule has 2 rings (SSSR count). The van der Waals surface area contributed by atoms with E-state index in [1.54, 1.807) is 0 Å². The summed E-state index contributed by atoms with van der Waals surface area (Å²) >= 11 is 0. The number of pyridine rings is 1. The number of aromatic nitrogens is 1. The van der Waals surface area contributed by atoms with Crippen molar-refractivity contribution in [1.82, 2.24) is 0 Å². The minimum Gasteiger partial charge on any atom is -1.00 e. The number of halogens is 1. The summed E-state index contributed by atoms with van der Waals surface area (Å²) in [6.45, 7) is 2.30. The highest BCUT2D eigenvalue weighted by Crippen LogP contribution is 2.17. The third-order valence-electron chi connectivity index (χ3n) is 6.09. The number of unbranched alkanes of at least 4 members (excludes halogenated alkanes) is 15. The van der Waals surface area contributed by atoms with Gasteiger partial charge in [0.25, 0.3) is 0 Å². The predicted octanol–water partition coefficient (Wildman–Crippen LogP) is 5.46. The summed E-state index contributed by atoms with van der Waals surface area (Å²) in [5.74, 6) is 0. The van der Waals surface area contributed by atoms with Crippen molar-refractivity contribution in [1.29, 1.82) is 0 Å². The van der Waals surface area contributed by atoms with E-state index in [-0.39, 0.29) is 17.0 Å². The smallest absolute Gasteiger partial charge is 0.187 e. The molecule has 0 saturated carbocycles. The molecule has 0 aliphatic carbocycles. The van der Waals surface area contributed by atoms with Crippen molar-refractivity contribution in [2.75, 3.05) is 0 Å². The molecular formula is C27H44BrN. The van der Waals surface area contributed by atoms with Crippen LogP contribution in [0.4, 0.5) is 0 Å². The van der Waals surface area contributed by atoms with Gasteiger partial charge in [0, 0.05) is 17.9 Å². The Morgan fingerprint density at radius 3 is 1.62 bits per heavy atom. The summed E-state index contributed by atoms with van der Waals surface area (Å²) in [4.78, 5) is 3.46. The van der Waals surface area contributed by atoms with Crippen molar-refractivity contribution in [2.24, 2.45) is 0 Å². The standard InChI is InChI=1S/C27H43N.BrH/c1-2-3-4-5-6-7-8-9-10-11-12-13-14-15-16-17-22-27-26-21-19-18-20-25(26)23-24-28-27;/h18-21,23-24H,2-17,22H2,1H3;1H. The van der Waals surface area contributed by atoms with Gasteiger partial charge in [0.1, 0.15) is 0 Å². The zero-order valence-corrected chi connectivity index (χ0v) is 20.4. The molecule has 1 aromatic heterocycles. The van der Waals surface area contributed by atoms with Crippen LogP contribution in [0.25, 0.3) is 10.8 Å². The minimum atomic E-state index is 0. The van der Waals surface area contributed by atoms with Crippen LogP contribution in [0.3, 0.4) is 0 Å². The zero-order valence-electron chi connectivity index (χ0n) is 18.9. The first kappa shape index (κ1) is 26.1. The predicted molar refractivity (Wildman–Crippen MR) is 124 cm³/mol. The molecule has 29 heavy (non-hydrogen) atoms. The Bertz CT molecular complexity index is 619. The highest BCUT2D eigenvalue weighted by Gasteiger charge is 2.06. The third-order valence-corrected chi connectivity index (χ3v) is 6.09. The fourth-order valence-corrected chi connectivity index (χ4v) is 4.28. The van der Waals surface area contributed by atoms with Gasteiger partial charge in [0.05, 0.1) is 0 Å². The van der Waals surface area contributed by atoms with Crippen LogP contribution >= 0.6 is 0 Å². The summed E-state index contributed by atoms with van der Waals surface area (Å²) in [5, 5.41) is 2.75. The first-order valence-electron chi connectivity index (χ1n) is 12.3. The molecule has 0 atom stereocenters. The number of nitrogens with one attached hydrogen (secondary N) is 1. The maximum Gasteiger partial charge on any atom is 0.187 e. The van der Waals surface area contributed by atoms with Crippen LogP contribution < -0.4 is 22.0 Å². The normalized spacial score (nSPS) is 10.9. The average molecular weight is 463 g/mol. The molecule has 0 aliphatic rings. The van der Waals surface area contributed by atoms with E-state index in [9.17, 15) is 0 Å². The molecule has 0 amide bonds. The summed E-state index contributed by atoms with van der Waals surface area (Å²) < 4.78 is 0. The summed E-state index contributed by atoms with van der Waals surface area (Å²) in [7, 11) is 0. The van der Waals surface area contributed by atoms with E-state index in [4.69, 9.17) is 0 Å². The van der Waals surface area contributed by atoms with Crippen molar-refractivity contribution >= 4 is 10.8 Å². The van der Waals surface area contributed by atoms with E-state index < -0.39 is 0 Å². The lowest BCUT2D eigenvalue weighted by molar-refractivity contribution is -0.388. The number of aryl methyl sites for hydroxylation is 1. The second kappa shape index (κ2) is 17.9.